The van der Waals surface area contributed by atoms with E-state index in [4.69, 9.17) is 23.2 Å². The summed E-state index contributed by atoms with van der Waals surface area (Å²) in [4.78, 5) is 8.81. The van der Waals surface area contributed by atoms with Gasteiger partial charge in [-0.15, -0.1) is 11.3 Å². The molecule has 2 heterocycles. The molecule has 0 aliphatic rings. The molecule has 0 fully saturated rings. The number of pyridine rings is 1. The van der Waals surface area contributed by atoms with Gasteiger partial charge in [0.05, 0.1) is 20.9 Å². The third-order valence-electron chi connectivity index (χ3n) is 3.92. The molecule has 0 aliphatic heterocycles. The van der Waals surface area contributed by atoms with Gasteiger partial charge in [-0.1, -0.05) is 41.4 Å². The van der Waals surface area contributed by atoms with E-state index in [1.165, 1.54) is 29.5 Å². The van der Waals surface area contributed by atoms with Gasteiger partial charge in [0.25, 0.3) is 0 Å². The molecule has 2 aromatic heterocycles. The summed E-state index contributed by atoms with van der Waals surface area (Å²) >= 11 is 13.4. The monoisotopic (exact) mass is 434 g/mol. The zero-order valence-electron chi connectivity index (χ0n) is 13.8. The van der Waals surface area contributed by atoms with Crippen molar-refractivity contribution in [2.24, 2.45) is 0 Å². The number of halogens is 2. The zero-order valence-corrected chi connectivity index (χ0v) is 16.9. The summed E-state index contributed by atoms with van der Waals surface area (Å²) in [6, 6.07) is 13.5. The van der Waals surface area contributed by atoms with Gasteiger partial charge >= 0.3 is 0 Å². The van der Waals surface area contributed by atoms with E-state index in [2.05, 4.69) is 9.97 Å². The molecule has 0 bridgehead atoms. The SMILES string of the molecule is O=S(=O)(Cc1cccc(-c2nc3ccncc3s2)c1)c1cc(Cl)cc(Cl)c1. The molecule has 0 spiro atoms. The first-order valence-electron chi connectivity index (χ1n) is 7.89. The molecule has 0 atom stereocenters. The Bertz CT molecular complexity index is 1200. The summed E-state index contributed by atoms with van der Waals surface area (Å²) in [5.41, 5.74) is 2.41. The molecule has 4 aromatic rings. The Kier molecular flexibility index (Phi) is 4.90. The van der Waals surface area contributed by atoms with Crippen LogP contribution in [0.25, 0.3) is 20.8 Å². The number of thiazole rings is 1. The van der Waals surface area contributed by atoms with Crippen molar-refractivity contribution in [1.82, 2.24) is 9.97 Å². The highest BCUT2D eigenvalue weighted by Crippen LogP contribution is 2.31. The number of fused-ring (bicyclic) bond motifs is 1. The van der Waals surface area contributed by atoms with Gasteiger partial charge in [-0.3, -0.25) is 4.98 Å². The molecule has 0 N–H and O–H groups in total. The molecular weight excluding hydrogens is 423 g/mol. The second kappa shape index (κ2) is 7.20. The van der Waals surface area contributed by atoms with Gasteiger partial charge in [-0.05, 0) is 35.9 Å². The Morgan fingerprint density at radius 3 is 2.52 bits per heavy atom. The van der Waals surface area contributed by atoms with Crippen LogP contribution in [0.4, 0.5) is 0 Å². The lowest BCUT2D eigenvalue weighted by atomic mass is 10.1. The van der Waals surface area contributed by atoms with E-state index >= 15 is 0 Å². The third kappa shape index (κ3) is 3.99. The maximum Gasteiger partial charge on any atom is 0.182 e. The van der Waals surface area contributed by atoms with Crippen molar-refractivity contribution in [3.63, 3.8) is 0 Å². The smallest absolute Gasteiger partial charge is 0.182 e. The summed E-state index contributed by atoms with van der Waals surface area (Å²) in [5, 5.41) is 1.40. The van der Waals surface area contributed by atoms with Gasteiger partial charge in [0.2, 0.25) is 0 Å². The van der Waals surface area contributed by atoms with E-state index in [0.29, 0.717) is 5.56 Å². The van der Waals surface area contributed by atoms with Gasteiger partial charge in [-0.2, -0.15) is 0 Å². The van der Waals surface area contributed by atoms with Gasteiger partial charge < -0.3 is 0 Å². The van der Waals surface area contributed by atoms with E-state index in [1.54, 1.807) is 18.5 Å². The van der Waals surface area contributed by atoms with Crippen molar-refractivity contribution < 1.29 is 8.42 Å². The molecule has 2 aromatic carbocycles. The highest BCUT2D eigenvalue weighted by atomic mass is 35.5. The lowest BCUT2D eigenvalue weighted by molar-refractivity contribution is 0.595. The normalized spacial score (nSPS) is 11.8. The highest BCUT2D eigenvalue weighted by Gasteiger charge is 2.17. The van der Waals surface area contributed by atoms with Crippen LogP contribution in [0.15, 0.2) is 65.8 Å². The molecule has 0 unspecified atom stereocenters. The first-order valence-corrected chi connectivity index (χ1v) is 11.1. The maximum atomic E-state index is 12.8. The number of aromatic nitrogens is 2. The van der Waals surface area contributed by atoms with Crippen molar-refractivity contribution >= 4 is 54.6 Å². The molecule has 136 valence electrons. The second-order valence-corrected chi connectivity index (χ2v) is 9.82. The van der Waals surface area contributed by atoms with Gasteiger partial charge in [0.1, 0.15) is 5.01 Å². The molecule has 0 amide bonds. The molecule has 8 heteroatoms. The van der Waals surface area contributed by atoms with E-state index < -0.39 is 9.84 Å². The Hall–Kier alpha value is -1.99. The Balaban J connectivity index is 1.68. The minimum absolute atomic E-state index is 0.108. The third-order valence-corrected chi connectivity index (χ3v) is 7.08. The van der Waals surface area contributed by atoms with Gasteiger partial charge in [-0.25, -0.2) is 13.4 Å². The predicted octanol–water partition coefficient (Wildman–Crippen LogP) is 5.64. The Labute approximate surface area is 170 Å². The molecule has 4 rings (SSSR count). The van der Waals surface area contributed by atoms with E-state index in [0.717, 1.165) is 20.8 Å². The summed E-state index contributed by atoms with van der Waals surface area (Å²) in [5.74, 6) is -0.149. The fourth-order valence-corrected chi connectivity index (χ4v) is 5.69. The van der Waals surface area contributed by atoms with Crippen LogP contribution < -0.4 is 0 Å². The van der Waals surface area contributed by atoms with E-state index in [9.17, 15) is 8.42 Å². The molecule has 0 saturated carbocycles. The Morgan fingerprint density at radius 1 is 1.00 bits per heavy atom. The molecule has 0 aliphatic carbocycles. The lowest BCUT2D eigenvalue weighted by Gasteiger charge is -2.07. The standard InChI is InChI=1S/C19H12Cl2N2O2S2/c20-14-7-15(21)9-16(8-14)27(24,25)11-12-2-1-3-13(6-12)19-23-17-4-5-22-10-18(17)26-19/h1-10H,11H2. The zero-order chi connectivity index (χ0) is 19.0. The maximum absolute atomic E-state index is 12.8. The molecule has 4 nitrogen and oxygen atoms in total. The molecule has 27 heavy (non-hydrogen) atoms. The highest BCUT2D eigenvalue weighted by molar-refractivity contribution is 7.90. The van der Waals surface area contributed by atoms with Crippen LogP contribution in [-0.2, 0) is 15.6 Å². The average molecular weight is 435 g/mol. The number of hydrogen-bond acceptors (Lipinski definition) is 5. The number of rotatable bonds is 4. The molecule has 0 saturated heterocycles. The summed E-state index contributed by atoms with van der Waals surface area (Å²) < 4.78 is 26.5. The predicted molar refractivity (Wildman–Crippen MR) is 110 cm³/mol. The van der Waals surface area contributed by atoms with Crippen LogP contribution in [-0.4, -0.2) is 18.4 Å². The number of nitrogens with zero attached hydrogens (tertiary/aromatic N) is 2. The average Bonchev–Trinajstić information content (AvgIpc) is 3.05. The van der Waals surface area contributed by atoms with Crippen molar-refractivity contribution in [2.75, 3.05) is 0 Å². The quantitative estimate of drug-likeness (QED) is 0.416. The van der Waals surface area contributed by atoms with Crippen LogP contribution >= 0.6 is 34.5 Å². The lowest BCUT2D eigenvalue weighted by Crippen LogP contribution is -2.05. The fourth-order valence-electron chi connectivity index (χ4n) is 2.71. The number of sulfone groups is 1. The van der Waals surface area contributed by atoms with Crippen molar-refractivity contribution in [1.29, 1.82) is 0 Å². The second-order valence-electron chi connectivity index (χ2n) is 5.93. The minimum atomic E-state index is -3.58. The van der Waals surface area contributed by atoms with Crippen LogP contribution in [0.3, 0.4) is 0 Å². The van der Waals surface area contributed by atoms with Crippen LogP contribution in [0.1, 0.15) is 5.56 Å². The van der Waals surface area contributed by atoms with Crippen LogP contribution in [0, 0.1) is 0 Å². The molecular formula is C19H12Cl2N2O2S2. The van der Waals surface area contributed by atoms with Gasteiger partial charge in [0.15, 0.2) is 9.84 Å². The number of hydrogen-bond donors (Lipinski definition) is 0. The molecule has 0 radical (unpaired) electrons. The largest absolute Gasteiger partial charge is 0.263 e. The summed E-state index contributed by atoms with van der Waals surface area (Å²) in [6.07, 6.45) is 3.47. The van der Waals surface area contributed by atoms with Crippen LogP contribution in [0.2, 0.25) is 10.0 Å². The minimum Gasteiger partial charge on any atom is -0.263 e. The topological polar surface area (TPSA) is 59.9 Å². The van der Waals surface area contributed by atoms with Crippen LogP contribution in [0.5, 0.6) is 0 Å². The first kappa shape index (κ1) is 18.4. The van der Waals surface area contributed by atoms with E-state index in [1.807, 2.05) is 24.3 Å². The number of benzene rings is 2. The summed E-state index contributed by atoms with van der Waals surface area (Å²) in [6.45, 7) is 0. The van der Waals surface area contributed by atoms with Crippen molar-refractivity contribution in [3.8, 4) is 10.6 Å². The summed E-state index contributed by atoms with van der Waals surface area (Å²) in [7, 11) is -3.58. The fraction of sp³-hybridized carbons (Fsp3) is 0.0526. The van der Waals surface area contributed by atoms with Crippen molar-refractivity contribution in [3.05, 3.63) is 76.5 Å². The van der Waals surface area contributed by atoms with E-state index in [-0.39, 0.29) is 20.7 Å². The Morgan fingerprint density at radius 2 is 1.78 bits per heavy atom. The van der Waals surface area contributed by atoms with Gasteiger partial charge in [0, 0.05) is 28.0 Å². The van der Waals surface area contributed by atoms with Crippen molar-refractivity contribution in [2.45, 2.75) is 10.6 Å². The first-order chi connectivity index (χ1) is 12.9.